The van der Waals surface area contributed by atoms with Gasteiger partial charge in [0.05, 0.1) is 17.4 Å². The van der Waals surface area contributed by atoms with E-state index in [4.69, 9.17) is 0 Å². The van der Waals surface area contributed by atoms with Crippen LogP contribution in [0.4, 0.5) is 5.69 Å². The molecule has 2 heterocycles. The molecule has 1 aromatic heterocycles. The van der Waals surface area contributed by atoms with Crippen LogP contribution in [-0.4, -0.2) is 35.9 Å². The summed E-state index contributed by atoms with van der Waals surface area (Å²) in [5.74, 6) is 0.756. The molecule has 4 heteroatoms. The quantitative estimate of drug-likeness (QED) is 0.936. The molecule has 110 valence electrons. The highest BCUT2D eigenvalue weighted by Crippen LogP contribution is 2.28. The molecule has 1 unspecified atom stereocenters. The number of rotatable bonds is 4. The Morgan fingerprint density at radius 3 is 3.00 bits per heavy atom. The first-order valence-corrected chi connectivity index (χ1v) is 8.09. The zero-order chi connectivity index (χ0) is 14.1. The molecule has 1 saturated carbocycles. The molecule has 1 aromatic carbocycles. The van der Waals surface area contributed by atoms with Crippen LogP contribution in [0.1, 0.15) is 25.7 Å². The van der Waals surface area contributed by atoms with Gasteiger partial charge < -0.3 is 10.2 Å². The molecule has 2 fully saturated rings. The van der Waals surface area contributed by atoms with Gasteiger partial charge in [0.1, 0.15) is 0 Å². The van der Waals surface area contributed by atoms with Gasteiger partial charge in [-0.3, -0.25) is 0 Å². The SMILES string of the molecule is c1ccc2c(N3CCCC(CNC4CC4)C3)cnnc2c1. The first kappa shape index (κ1) is 13.0. The number of anilines is 1. The molecule has 4 rings (SSSR count). The number of fused-ring (bicyclic) bond motifs is 1. The van der Waals surface area contributed by atoms with Crippen LogP contribution >= 0.6 is 0 Å². The third-order valence-corrected chi connectivity index (χ3v) is 4.66. The molecule has 1 N–H and O–H groups in total. The fourth-order valence-electron chi connectivity index (χ4n) is 3.32. The Morgan fingerprint density at radius 2 is 2.10 bits per heavy atom. The lowest BCUT2D eigenvalue weighted by Gasteiger charge is -2.34. The predicted molar refractivity (Wildman–Crippen MR) is 85.5 cm³/mol. The first-order valence-electron chi connectivity index (χ1n) is 8.09. The summed E-state index contributed by atoms with van der Waals surface area (Å²) in [6.07, 6.45) is 7.28. The number of aromatic nitrogens is 2. The Bertz CT molecular complexity index is 618. The summed E-state index contributed by atoms with van der Waals surface area (Å²) < 4.78 is 0. The smallest absolute Gasteiger partial charge is 0.0950 e. The van der Waals surface area contributed by atoms with Crippen molar-refractivity contribution >= 4 is 16.6 Å². The van der Waals surface area contributed by atoms with Gasteiger partial charge in [-0.15, -0.1) is 0 Å². The monoisotopic (exact) mass is 282 g/mol. The van der Waals surface area contributed by atoms with Gasteiger partial charge in [0.15, 0.2) is 0 Å². The van der Waals surface area contributed by atoms with E-state index in [2.05, 4.69) is 32.5 Å². The maximum atomic E-state index is 4.23. The first-order chi connectivity index (χ1) is 10.4. The number of hydrogen-bond donors (Lipinski definition) is 1. The minimum Gasteiger partial charge on any atom is -0.369 e. The van der Waals surface area contributed by atoms with E-state index in [9.17, 15) is 0 Å². The van der Waals surface area contributed by atoms with E-state index in [1.54, 1.807) is 0 Å². The average molecular weight is 282 g/mol. The summed E-state index contributed by atoms with van der Waals surface area (Å²) in [6.45, 7) is 3.43. The van der Waals surface area contributed by atoms with Gasteiger partial charge in [0.2, 0.25) is 0 Å². The average Bonchev–Trinajstić information content (AvgIpc) is 3.37. The summed E-state index contributed by atoms with van der Waals surface area (Å²) in [4.78, 5) is 2.50. The van der Waals surface area contributed by atoms with Crippen molar-refractivity contribution in [1.29, 1.82) is 0 Å². The van der Waals surface area contributed by atoms with Crippen LogP contribution in [0.3, 0.4) is 0 Å². The van der Waals surface area contributed by atoms with E-state index < -0.39 is 0 Å². The largest absolute Gasteiger partial charge is 0.369 e. The highest BCUT2D eigenvalue weighted by molar-refractivity contribution is 5.90. The van der Waals surface area contributed by atoms with Crippen LogP contribution in [0.5, 0.6) is 0 Å². The normalized spacial score (nSPS) is 22.7. The summed E-state index contributed by atoms with van der Waals surface area (Å²) in [5.41, 5.74) is 2.24. The number of nitrogens with one attached hydrogen (secondary N) is 1. The van der Waals surface area contributed by atoms with Crippen LogP contribution in [-0.2, 0) is 0 Å². The van der Waals surface area contributed by atoms with Crippen molar-refractivity contribution in [2.45, 2.75) is 31.7 Å². The van der Waals surface area contributed by atoms with Crippen molar-refractivity contribution in [2.24, 2.45) is 5.92 Å². The molecule has 0 bridgehead atoms. The molecule has 0 spiro atoms. The topological polar surface area (TPSA) is 41.0 Å². The van der Waals surface area contributed by atoms with Crippen LogP contribution in [0, 0.1) is 5.92 Å². The second-order valence-corrected chi connectivity index (χ2v) is 6.38. The van der Waals surface area contributed by atoms with Crippen molar-refractivity contribution in [3.63, 3.8) is 0 Å². The summed E-state index contributed by atoms with van der Waals surface area (Å²) in [6, 6.07) is 9.12. The minimum absolute atomic E-state index is 0.756. The highest BCUT2D eigenvalue weighted by Gasteiger charge is 2.25. The zero-order valence-electron chi connectivity index (χ0n) is 12.3. The lowest BCUT2D eigenvalue weighted by atomic mass is 9.97. The Hall–Kier alpha value is -1.68. The van der Waals surface area contributed by atoms with Crippen LogP contribution in [0.25, 0.3) is 10.9 Å². The lowest BCUT2D eigenvalue weighted by Crippen LogP contribution is -2.40. The van der Waals surface area contributed by atoms with Crippen LogP contribution < -0.4 is 10.2 Å². The molecule has 2 aromatic rings. The molecule has 0 radical (unpaired) electrons. The molecule has 1 aliphatic heterocycles. The van der Waals surface area contributed by atoms with Gasteiger partial charge in [-0.05, 0) is 44.2 Å². The molecule has 4 nitrogen and oxygen atoms in total. The number of nitrogens with zero attached hydrogens (tertiary/aromatic N) is 3. The standard InChI is InChI=1S/C17H22N4/c1-2-6-16-15(5-1)17(11-19-20-16)21-9-3-4-13(12-21)10-18-14-7-8-14/h1-2,5-6,11,13-14,18H,3-4,7-10,12H2. The minimum atomic E-state index is 0.756. The van der Waals surface area contributed by atoms with Crippen molar-refractivity contribution in [1.82, 2.24) is 15.5 Å². The van der Waals surface area contributed by atoms with Gasteiger partial charge in [-0.1, -0.05) is 18.2 Å². The van der Waals surface area contributed by atoms with E-state index in [-0.39, 0.29) is 0 Å². The van der Waals surface area contributed by atoms with Crippen molar-refractivity contribution in [3.8, 4) is 0 Å². The van der Waals surface area contributed by atoms with E-state index in [0.29, 0.717) is 0 Å². The summed E-state index contributed by atoms with van der Waals surface area (Å²) >= 11 is 0. The Kier molecular flexibility index (Phi) is 3.47. The van der Waals surface area contributed by atoms with Crippen molar-refractivity contribution in [3.05, 3.63) is 30.5 Å². The van der Waals surface area contributed by atoms with Crippen LogP contribution in [0.2, 0.25) is 0 Å². The Balaban J connectivity index is 1.53. The van der Waals surface area contributed by atoms with Gasteiger partial charge in [-0.25, -0.2) is 0 Å². The second-order valence-electron chi connectivity index (χ2n) is 6.38. The summed E-state index contributed by atoms with van der Waals surface area (Å²) in [7, 11) is 0. The molecule has 0 amide bonds. The Labute approximate surface area is 125 Å². The third kappa shape index (κ3) is 2.86. The predicted octanol–water partition coefficient (Wildman–Crippen LogP) is 2.60. The Morgan fingerprint density at radius 1 is 1.19 bits per heavy atom. The van der Waals surface area contributed by atoms with Gasteiger partial charge in [0, 0.05) is 24.5 Å². The fourth-order valence-corrected chi connectivity index (χ4v) is 3.32. The molecular weight excluding hydrogens is 260 g/mol. The van der Waals surface area contributed by atoms with Gasteiger partial charge >= 0.3 is 0 Å². The third-order valence-electron chi connectivity index (χ3n) is 4.66. The van der Waals surface area contributed by atoms with E-state index in [1.165, 1.54) is 36.8 Å². The van der Waals surface area contributed by atoms with Crippen molar-refractivity contribution < 1.29 is 0 Å². The molecule has 1 aliphatic carbocycles. The maximum Gasteiger partial charge on any atom is 0.0950 e. The molecule has 1 atom stereocenters. The highest BCUT2D eigenvalue weighted by atomic mass is 15.2. The molecule has 2 aliphatic rings. The zero-order valence-corrected chi connectivity index (χ0v) is 12.3. The van der Waals surface area contributed by atoms with E-state index >= 15 is 0 Å². The number of piperidine rings is 1. The number of hydrogen-bond acceptors (Lipinski definition) is 4. The van der Waals surface area contributed by atoms with E-state index in [1.807, 2.05) is 18.3 Å². The summed E-state index contributed by atoms with van der Waals surface area (Å²) in [5, 5.41) is 13.3. The second kappa shape index (κ2) is 5.60. The number of benzene rings is 1. The van der Waals surface area contributed by atoms with E-state index in [0.717, 1.165) is 37.1 Å². The molecule has 21 heavy (non-hydrogen) atoms. The molecular formula is C17H22N4. The van der Waals surface area contributed by atoms with Gasteiger partial charge in [-0.2, -0.15) is 10.2 Å². The fraction of sp³-hybridized carbons (Fsp3) is 0.529. The maximum absolute atomic E-state index is 4.23. The van der Waals surface area contributed by atoms with Crippen LogP contribution in [0.15, 0.2) is 30.5 Å². The molecule has 1 saturated heterocycles. The van der Waals surface area contributed by atoms with Crippen molar-refractivity contribution in [2.75, 3.05) is 24.5 Å². The lowest BCUT2D eigenvalue weighted by molar-refractivity contribution is 0.391. The van der Waals surface area contributed by atoms with Gasteiger partial charge in [0.25, 0.3) is 0 Å².